The number of phenolic OH excluding ortho intramolecular Hbond substituents is 3. The minimum absolute atomic E-state index is 0.0297. The molecule has 7 N–H and O–H groups in total. The molecule has 1 amide bonds. The Kier molecular flexibility index (Phi) is 7.53. The predicted octanol–water partition coefficient (Wildman–Crippen LogP) is 2.87. The number of carboxylic acids is 1. The van der Waals surface area contributed by atoms with Crippen LogP contribution in [-0.2, 0) is 4.74 Å². The van der Waals surface area contributed by atoms with E-state index in [0.29, 0.717) is 0 Å². The van der Waals surface area contributed by atoms with Gasteiger partial charge in [0.05, 0.1) is 5.56 Å². The first-order chi connectivity index (χ1) is 19.0. The van der Waals surface area contributed by atoms with Crippen LogP contribution in [0.2, 0.25) is 0 Å². The summed E-state index contributed by atoms with van der Waals surface area (Å²) in [5.41, 5.74) is -1.51. The van der Waals surface area contributed by atoms with Crippen LogP contribution in [-0.4, -0.2) is 49.2 Å². The topological polar surface area (TPSA) is 203 Å². The number of hydrogen-bond donors (Lipinski definition) is 7. The minimum atomic E-state index is -1.50. The minimum Gasteiger partial charge on any atom is -0.508 e. The van der Waals surface area contributed by atoms with Crippen molar-refractivity contribution >= 4 is 23.6 Å². The number of esters is 1. The molecule has 1 heterocycles. The van der Waals surface area contributed by atoms with E-state index in [4.69, 9.17) is 9.84 Å². The number of benzene rings is 3. The van der Waals surface area contributed by atoms with Crippen molar-refractivity contribution in [1.82, 2.24) is 10.6 Å². The van der Waals surface area contributed by atoms with Crippen molar-refractivity contribution in [2.75, 3.05) is 0 Å². The summed E-state index contributed by atoms with van der Waals surface area (Å²) >= 11 is 0. The van der Waals surface area contributed by atoms with Crippen LogP contribution in [0.3, 0.4) is 0 Å². The summed E-state index contributed by atoms with van der Waals surface area (Å²) in [7, 11) is 0. The number of carbonyl (C=O) groups excluding carboxylic acids is 3. The summed E-state index contributed by atoms with van der Waals surface area (Å²) in [4.78, 5) is 49.7. The van der Waals surface area contributed by atoms with Gasteiger partial charge in [0.1, 0.15) is 39.8 Å². The Morgan fingerprint density at radius 2 is 1.43 bits per heavy atom. The monoisotopic (exact) mass is 544 g/mol. The number of phenols is 4. The molecule has 3 aromatic carbocycles. The lowest BCUT2D eigenvalue weighted by Crippen LogP contribution is -2.26. The Hall–Kier alpha value is -6.04. The van der Waals surface area contributed by atoms with Crippen LogP contribution in [0, 0.1) is 0 Å². The molecule has 0 unspecified atom stereocenters. The van der Waals surface area contributed by atoms with Gasteiger partial charge in [0, 0.05) is 23.5 Å². The summed E-state index contributed by atoms with van der Waals surface area (Å²) in [6, 6.07) is 10.1. The molecule has 0 atom stereocenters. The molecule has 0 bridgehead atoms. The van der Waals surface area contributed by atoms with E-state index in [9.17, 15) is 39.6 Å². The molecule has 1 aliphatic heterocycles. The van der Waals surface area contributed by atoms with Gasteiger partial charge < -0.3 is 40.9 Å². The highest BCUT2D eigenvalue weighted by Crippen LogP contribution is 2.33. The molecule has 0 saturated carbocycles. The zero-order valence-corrected chi connectivity index (χ0v) is 20.3. The number of ketones is 1. The molecule has 1 aliphatic rings. The fourth-order valence-electron chi connectivity index (χ4n) is 3.59. The van der Waals surface area contributed by atoms with Crippen molar-refractivity contribution in [3.63, 3.8) is 0 Å². The molecule has 3 aromatic rings. The van der Waals surface area contributed by atoms with Crippen LogP contribution < -0.4 is 10.6 Å². The van der Waals surface area contributed by atoms with Crippen molar-refractivity contribution in [3.05, 3.63) is 118 Å². The Balaban J connectivity index is 1.56. The predicted molar refractivity (Wildman–Crippen MR) is 138 cm³/mol. The van der Waals surface area contributed by atoms with Gasteiger partial charge in [0.2, 0.25) is 5.78 Å². The van der Waals surface area contributed by atoms with Crippen molar-refractivity contribution in [3.8, 4) is 23.0 Å². The maximum atomic E-state index is 12.9. The van der Waals surface area contributed by atoms with E-state index in [-0.39, 0.29) is 33.9 Å². The summed E-state index contributed by atoms with van der Waals surface area (Å²) in [6.07, 6.45) is 5.69. The second-order valence-electron chi connectivity index (χ2n) is 8.26. The van der Waals surface area contributed by atoms with Crippen molar-refractivity contribution in [2.24, 2.45) is 0 Å². The van der Waals surface area contributed by atoms with Crippen LogP contribution in [0.15, 0.2) is 90.6 Å². The molecule has 40 heavy (non-hydrogen) atoms. The van der Waals surface area contributed by atoms with Gasteiger partial charge in [-0.2, -0.15) is 0 Å². The highest BCUT2D eigenvalue weighted by Gasteiger charge is 2.25. The lowest BCUT2D eigenvalue weighted by Gasteiger charge is -2.14. The summed E-state index contributed by atoms with van der Waals surface area (Å²) in [5, 5.41) is 54.5. The molecule has 202 valence electrons. The Labute approximate surface area is 225 Å². The summed E-state index contributed by atoms with van der Waals surface area (Å²) in [5.74, 6) is -6.41. The lowest BCUT2D eigenvalue weighted by molar-refractivity contribution is 0.0624. The largest absolute Gasteiger partial charge is 0.508 e. The number of rotatable bonds is 7. The first-order valence-corrected chi connectivity index (χ1v) is 11.4. The number of allylic oxidation sites excluding steroid dienone is 2. The van der Waals surface area contributed by atoms with Gasteiger partial charge >= 0.3 is 11.9 Å². The Morgan fingerprint density at radius 1 is 0.775 bits per heavy atom. The molecule has 0 saturated heterocycles. The normalized spacial score (nSPS) is 12.3. The first-order valence-electron chi connectivity index (χ1n) is 11.4. The van der Waals surface area contributed by atoms with Gasteiger partial charge in [-0.05, 0) is 66.7 Å². The quantitative estimate of drug-likeness (QED) is 0.170. The zero-order chi connectivity index (χ0) is 29.0. The van der Waals surface area contributed by atoms with E-state index >= 15 is 0 Å². The highest BCUT2D eigenvalue weighted by atomic mass is 16.5. The third-order valence-electron chi connectivity index (χ3n) is 5.56. The average molecular weight is 544 g/mol. The van der Waals surface area contributed by atoms with Gasteiger partial charge in [0.25, 0.3) is 5.91 Å². The molecule has 0 fully saturated rings. The second kappa shape index (κ2) is 11.1. The van der Waals surface area contributed by atoms with Crippen LogP contribution in [0.4, 0.5) is 0 Å². The lowest BCUT2D eigenvalue weighted by atomic mass is 9.98. The maximum Gasteiger partial charge on any atom is 0.343 e. The van der Waals surface area contributed by atoms with E-state index in [1.807, 2.05) is 0 Å². The molecular weight excluding hydrogens is 524 g/mol. The van der Waals surface area contributed by atoms with E-state index in [0.717, 1.165) is 30.3 Å². The SMILES string of the molecule is O=C(NC1=CNC=CC=C1OC(=O)c1cc(O)c(C(=O)c2ccc(O)c(C(=O)O)c2)c(O)c1)c1ccc(O)cc1. The van der Waals surface area contributed by atoms with Gasteiger partial charge in [-0.1, -0.05) is 0 Å². The van der Waals surface area contributed by atoms with Crippen molar-refractivity contribution < 1.29 is 49.4 Å². The standard InChI is InChI=1S/C28H20N2O10/c31-17-6-3-14(4-7-17)26(36)30-19-13-29-9-1-2-23(19)40-28(39)16-11-21(33)24(22(34)12-16)25(35)15-5-8-20(32)18(10-15)27(37)38/h1-13,29,31-34H,(H,30,36)(H,37,38). The molecule has 4 rings (SSSR count). The van der Waals surface area contributed by atoms with Gasteiger partial charge in [-0.3, -0.25) is 9.59 Å². The number of amides is 1. The molecule has 12 nitrogen and oxygen atoms in total. The van der Waals surface area contributed by atoms with Crippen molar-refractivity contribution in [1.29, 1.82) is 0 Å². The van der Waals surface area contributed by atoms with Crippen LogP contribution >= 0.6 is 0 Å². The fourth-order valence-corrected chi connectivity index (χ4v) is 3.59. The van der Waals surface area contributed by atoms with E-state index in [1.165, 1.54) is 48.8 Å². The molecule has 12 heteroatoms. The Morgan fingerprint density at radius 3 is 2.08 bits per heavy atom. The maximum absolute atomic E-state index is 12.9. The third-order valence-corrected chi connectivity index (χ3v) is 5.56. The van der Waals surface area contributed by atoms with Gasteiger partial charge in [-0.25, -0.2) is 9.59 Å². The first kappa shape index (κ1) is 27.0. The van der Waals surface area contributed by atoms with Gasteiger partial charge in [0.15, 0.2) is 5.76 Å². The number of nitrogens with one attached hydrogen (secondary N) is 2. The van der Waals surface area contributed by atoms with Gasteiger partial charge in [-0.15, -0.1) is 0 Å². The fraction of sp³-hybridized carbons (Fsp3) is 0. The number of aromatic hydroxyl groups is 4. The van der Waals surface area contributed by atoms with Crippen LogP contribution in [0.25, 0.3) is 0 Å². The summed E-state index contributed by atoms with van der Waals surface area (Å²) < 4.78 is 5.38. The van der Waals surface area contributed by atoms with Crippen molar-refractivity contribution in [2.45, 2.75) is 0 Å². The summed E-state index contributed by atoms with van der Waals surface area (Å²) in [6.45, 7) is 0. The number of aromatic carboxylic acids is 1. The number of ether oxygens (including phenoxy) is 1. The zero-order valence-electron chi connectivity index (χ0n) is 20.3. The average Bonchev–Trinajstić information content (AvgIpc) is 3.13. The molecule has 0 aromatic heterocycles. The molecule has 0 radical (unpaired) electrons. The molecule has 0 spiro atoms. The third kappa shape index (κ3) is 5.75. The Bertz CT molecular complexity index is 1610. The number of carboxylic acid groups (broad SMARTS) is 1. The number of hydrogen-bond acceptors (Lipinski definition) is 10. The van der Waals surface area contributed by atoms with E-state index in [1.54, 1.807) is 0 Å². The van der Waals surface area contributed by atoms with Crippen LogP contribution in [0.5, 0.6) is 23.0 Å². The molecule has 0 aliphatic carbocycles. The van der Waals surface area contributed by atoms with Crippen LogP contribution in [0.1, 0.15) is 47.0 Å². The second-order valence-corrected chi connectivity index (χ2v) is 8.26. The van der Waals surface area contributed by atoms with E-state index in [2.05, 4.69) is 10.6 Å². The highest BCUT2D eigenvalue weighted by molar-refractivity contribution is 6.14. The smallest absolute Gasteiger partial charge is 0.343 e. The van der Waals surface area contributed by atoms with E-state index < -0.39 is 52.0 Å². The number of carbonyl (C=O) groups is 4. The molecular formula is C28H20N2O10.